The molecular weight excluding hydrogens is 1740 g/mol. The number of likely N-dealkylation sites (tertiary alicyclic amines) is 1. The van der Waals surface area contributed by atoms with Crippen LogP contribution in [0.1, 0.15) is 161 Å². The van der Waals surface area contributed by atoms with Crippen LogP contribution in [0.15, 0.2) is 87.3 Å². The Bertz CT molecular complexity index is 4760. The first-order chi connectivity index (χ1) is 60.5. The molecule has 1 saturated heterocycles. The van der Waals surface area contributed by atoms with Crippen LogP contribution in [0.5, 0.6) is 0 Å². The molecule has 32 N–H and O–H groups in total. The Hall–Kier alpha value is -12.5. The molecule has 0 aromatic heterocycles. The number of thioether (sulfide) groups is 1. The molecule has 714 valence electrons. The molecule has 2 aliphatic heterocycles. The van der Waals surface area contributed by atoms with E-state index in [1.54, 1.807) is 24.3 Å². The highest BCUT2D eigenvalue weighted by Crippen LogP contribution is 2.49. The van der Waals surface area contributed by atoms with Gasteiger partial charge in [-0.3, -0.25) is 98.8 Å². The third-order valence-corrected chi connectivity index (χ3v) is 23.6. The average molecular weight is 1870 g/mol. The zero-order valence-electron chi connectivity index (χ0n) is 73.7. The van der Waals surface area contributed by atoms with Gasteiger partial charge in [0.15, 0.2) is 29.8 Å². The van der Waals surface area contributed by atoms with Crippen molar-refractivity contribution in [1.29, 1.82) is 27.0 Å². The molecule has 2 aromatic carbocycles. The molecule has 129 heavy (non-hydrogen) atoms. The second kappa shape index (κ2) is 52.7. The number of guanidine groups is 5. The second-order valence-electron chi connectivity index (χ2n) is 31.6. The van der Waals surface area contributed by atoms with Crippen molar-refractivity contribution in [3.8, 4) is 0 Å². The topological polar surface area (TPSA) is 770 Å². The monoisotopic (exact) mass is 1870 g/mol. The van der Waals surface area contributed by atoms with E-state index < -0.39 is 186 Å². The summed E-state index contributed by atoms with van der Waals surface area (Å²) in [6, 6.07) is -1.82. The Labute approximate surface area is 754 Å². The summed E-state index contributed by atoms with van der Waals surface area (Å²) in [6.45, 7) is 13.6. The number of amides is 11. The van der Waals surface area contributed by atoms with Crippen molar-refractivity contribution in [2.45, 2.75) is 220 Å². The van der Waals surface area contributed by atoms with Crippen molar-refractivity contribution >= 4 is 144 Å². The van der Waals surface area contributed by atoms with Crippen LogP contribution in [0.3, 0.4) is 0 Å². The number of carboxylic acid groups (broad SMARTS) is 1. The van der Waals surface area contributed by atoms with Crippen LogP contribution in [0.2, 0.25) is 0 Å². The number of aryl methyl sites for hydroxylation is 1. The van der Waals surface area contributed by atoms with Gasteiger partial charge in [0.2, 0.25) is 65.0 Å². The van der Waals surface area contributed by atoms with Crippen molar-refractivity contribution in [2.75, 3.05) is 76.1 Å². The van der Waals surface area contributed by atoms with E-state index in [-0.39, 0.29) is 139 Å². The number of carbonyl (C=O) groups is 12. The maximum Gasteiger partial charge on any atom is 0.327 e. The highest BCUT2D eigenvalue weighted by molar-refractivity contribution is 8.00. The molecule has 2 heterocycles. The number of nitrogens with two attached hydrogens (primary N) is 5. The fourth-order valence-corrected chi connectivity index (χ4v) is 16.1. The fraction of sp³-hybridized carbons (Fsp3) is 0.550. The predicted octanol–water partition coefficient (Wildman–Crippen LogP) is -2.49. The van der Waals surface area contributed by atoms with Gasteiger partial charge in [-0.25, -0.2) is 4.79 Å². The maximum atomic E-state index is 14.8. The van der Waals surface area contributed by atoms with Gasteiger partial charge in [-0.15, -0.1) is 11.8 Å². The molecule has 1 unspecified atom stereocenters. The van der Waals surface area contributed by atoms with Gasteiger partial charge in [-0.2, -0.15) is 16.8 Å². The normalized spacial score (nSPS) is 15.8. The second-order valence-corrected chi connectivity index (χ2v) is 35.6. The number of hydrogen-bond donors (Lipinski definition) is 27. The first kappa shape index (κ1) is 109. The number of anilines is 1. The van der Waals surface area contributed by atoms with E-state index in [4.69, 9.17) is 60.7 Å². The smallest absolute Gasteiger partial charge is 0.327 e. The van der Waals surface area contributed by atoms with Gasteiger partial charge >= 0.3 is 5.97 Å². The Morgan fingerprint density at radius 2 is 1.00 bits per heavy atom. The summed E-state index contributed by atoms with van der Waals surface area (Å²) in [5.74, 6) is -13.2. The number of imide groups is 1. The number of allylic oxidation sites excluding steroid dienone is 6. The summed E-state index contributed by atoms with van der Waals surface area (Å²) in [7, 11) is -9.06. The third kappa shape index (κ3) is 37.4. The number of hydrogen-bond acceptors (Lipinski definition) is 24. The lowest BCUT2D eigenvalue weighted by atomic mass is 9.77. The average Bonchev–Trinajstić information content (AvgIpc) is 1.59. The van der Waals surface area contributed by atoms with Crippen LogP contribution < -0.4 is 108 Å². The Kier molecular flexibility index (Phi) is 44.5. The van der Waals surface area contributed by atoms with Gasteiger partial charge in [0.05, 0.1) is 21.6 Å². The Morgan fingerprint density at radius 1 is 0.558 bits per heavy atom. The Morgan fingerprint density at radius 3 is 1.43 bits per heavy atom. The standard InChI is InChI=1S/C80H127N27O19S3/c1-9-91-61(79(5,6)51-41-49(128(121,122)123)30-29-46(51)2)26-12-10-13-27-62-80(7,8)52-42-50(129(124,125)126)31-32-59(52)106(62)39-15-11-14-28-63(109)92-38-40-107-65(111)43-60(72(107)118)127-45-58(73(119)120)105-71(117)57(25-20-37-97-78(89)90)104-70(116)56(24-19-36-96-77(87)88)103-69(115)55(23-18-35-95-76(85)86)102-68(114)54(22-17-34-94-75(83)84)101-67(113)53(21-16-33-93-74(81)82)100-64(110)44-98-66(112)47(3)99-48(4)108/h10,12-13,26-27,29-32,41-42,47,53-58,60H,9,11,14-25,28,33-40,43-45H2,1-8H3,(H,92,109)(H,98,112)(H,99,108)(H,100,110)(H,101,113)(H,102,114)(H,103,115)(H,104,116)(H,105,117)(H,119,120)(H4,81,82,93)(H4,83,84,94)(H4,85,86,95)(H4,87,88,96)(H4,89,90,97)(H,121,122,123)(H,124,125,126)/b13-10+,26-12+,62-27+,91-61?/t47-,53+,54+,55+,56+,57+,58+,60?/m0/s1. The van der Waals surface area contributed by atoms with Crippen LogP contribution in [0, 0.1) is 34.0 Å². The number of nitrogens with zero attached hydrogens (tertiary/aromatic N) is 3. The molecule has 0 radical (unpaired) electrons. The van der Waals surface area contributed by atoms with Gasteiger partial charge in [-0.1, -0.05) is 58.4 Å². The van der Waals surface area contributed by atoms with Crippen molar-refractivity contribution < 1.29 is 88.6 Å². The molecule has 2 aromatic rings. The lowest BCUT2D eigenvalue weighted by Gasteiger charge is -2.28. The van der Waals surface area contributed by atoms with Gasteiger partial charge in [-0.05, 0) is 157 Å². The van der Waals surface area contributed by atoms with Gasteiger partial charge in [0, 0.05) is 112 Å². The van der Waals surface area contributed by atoms with E-state index in [0.717, 1.165) is 27.9 Å². The van der Waals surface area contributed by atoms with Gasteiger partial charge in [0.1, 0.15) is 42.3 Å². The van der Waals surface area contributed by atoms with E-state index in [2.05, 4.69) is 74.4 Å². The van der Waals surface area contributed by atoms with Crippen molar-refractivity contribution in [3.05, 3.63) is 89.2 Å². The molecule has 1 fully saturated rings. The Balaban J connectivity index is 1.49. The number of aliphatic carboxylic acids is 1. The highest BCUT2D eigenvalue weighted by atomic mass is 32.2. The van der Waals surface area contributed by atoms with Crippen molar-refractivity contribution in [2.24, 2.45) is 33.7 Å². The number of fused-ring (bicyclic) bond motifs is 1. The number of benzene rings is 2. The number of rotatable bonds is 56. The number of nitrogens with one attached hydrogen (secondary N) is 19. The zero-order valence-corrected chi connectivity index (χ0v) is 76.1. The van der Waals surface area contributed by atoms with Gasteiger partial charge in [0.25, 0.3) is 20.2 Å². The molecule has 0 aliphatic carbocycles. The molecule has 46 nitrogen and oxygen atoms in total. The minimum absolute atomic E-state index is 0.00112. The van der Waals surface area contributed by atoms with Crippen LogP contribution in [0.4, 0.5) is 5.69 Å². The summed E-state index contributed by atoms with van der Waals surface area (Å²) in [5, 5.41) is 83.2. The molecule has 0 spiro atoms. The molecule has 49 heteroatoms. The summed E-state index contributed by atoms with van der Waals surface area (Å²) in [5.41, 5.74) is 30.2. The van der Waals surface area contributed by atoms with Gasteiger partial charge < -0.3 is 113 Å². The molecular formula is C80H127N27O19S3. The number of carboxylic acids is 1. The van der Waals surface area contributed by atoms with E-state index in [1.807, 2.05) is 64.7 Å². The summed E-state index contributed by atoms with van der Waals surface area (Å²) < 4.78 is 68.7. The lowest BCUT2D eigenvalue weighted by molar-refractivity contribution is -0.142. The first-order valence-corrected chi connectivity index (χ1v) is 45.7. The number of carbonyl (C=O) groups excluding carboxylic acids is 11. The molecule has 0 saturated carbocycles. The van der Waals surface area contributed by atoms with Crippen LogP contribution >= 0.6 is 11.8 Å². The van der Waals surface area contributed by atoms with E-state index in [0.29, 0.717) is 54.9 Å². The van der Waals surface area contributed by atoms with Crippen molar-refractivity contribution in [3.63, 3.8) is 0 Å². The molecule has 4 rings (SSSR count). The van der Waals surface area contributed by atoms with Crippen molar-refractivity contribution in [1.82, 2.24) is 79.3 Å². The maximum absolute atomic E-state index is 14.8. The van der Waals surface area contributed by atoms with Crippen LogP contribution in [0.25, 0.3) is 0 Å². The SMILES string of the molecule is CCN=C(/C=C/C=C/C=C1/N(CCCCCC(=O)NCCN2C(=O)CC(SC[C@@H](NC(=O)[C@@H](CCCNC(=N)N)NC(=O)[C@@H](CCCNC(=N)N)NC(=O)[C@@H](CCCNC(=N)N)NC(=O)[C@@H](CCCNC(=N)N)NC(=O)[C@@H](CCCNC(=N)N)NC(=O)CNC(=O)[C@H](C)NC(C)=O)C(=O)O)C2=O)c2ccc(S(=O)(=O)O)cc2C1(C)C)C(C)(C)c1cc(S(=O)(=O)O)ccc1C. The summed E-state index contributed by atoms with van der Waals surface area (Å²) in [4.78, 5) is 171. The van der Waals surface area contributed by atoms with E-state index >= 15 is 0 Å². The zero-order chi connectivity index (χ0) is 96.7. The molecule has 11 amide bonds. The predicted molar refractivity (Wildman–Crippen MR) is 485 cm³/mol. The molecule has 2 aliphatic rings. The quantitative estimate of drug-likeness (QED) is 0.00813. The number of unbranched alkanes of at least 4 members (excludes halogenated alkanes) is 2. The molecule has 0 bridgehead atoms. The minimum atomic E-state index is -4.58. The number of aliphatic imine (C=N–C) groups is 1. The molecule has 8 atom stereocenters. The largest absolute Gasteiger partial charge is 0.480 e. The fourth-order valence-electron chi connectivity index (χ4n) is 13.9. The highest BCUT2D eigenvalue weighted by Gasteiger charge is 2.43. The van der Waals surface area contributed by atoms with E-state index in [1.165, 1.54) is 38.1 Å². The lowest BCUT2D eigenvalue weighted by Crippen LogP contribution is -2.60. The summed E-state index contributed by atoms with van der Waals surface area (Å²) in [6.07, 6.45) is 9.30. The van der Waals surface area contributed by atoms with E-state index in [9.17, 15) is 88.6 Å². The summed E-state index contributed by atoms with van der Waals surface area (Å²) >= 11 is 0.751. The third-order valence-electron chi connectivity index (χ3n) is 20.6. The van der Waals surface area contributed by atoms with Crippen LogP contribution in [-0.2, 0) is 88.6 Å². The minimum Gasteiger partial charge on any atom is -0.480 e. The van der Waals surface area contributed by atoms with Crippen LogP contribution in [-0.4, -0.2) is 261 Å². The first-order valence-electron chi connectivity index (χ1n) is 41.8.